The quantitative estimate of drug-likeness (QED) is 0.677. The van der Waals surface area contributed by atoms with Gasteiger partial charge in [-0.05, 0) is 18.3 Å². The minimum atomic E-state index is -0.654. The maximum absolute atomic E-state index is 10.5. The minimum Gasteiger partial charge on any atom is -0.481 e. The van der Waals surface area contributed by atoms with Gasteiger partial charge in [-0.2, -0.15) is 0 Å². The summed E-state index contributed by atoms with van der Waals surface area (Å²) in [5.41, 5.74) is 0. The molecule has 2 atom stereocenters. The summed E-state index contributed by atoms with van der Waals surface area (Å²) < 4.78 is 0. The SMILES string of the molecule is CC(CC1CC1)C(C)C(=O)O. The van der Waals surface area contributed by atoms with Crippen LogP contribution in [-0.4, -0.2) is 11.1 Å². The number of rotatable bonds is 4. The van der Waals surface area contributed by atoms with Crippen LogP contribution in [0.1, 0.15) is 33.1 Å². The standard InChI is InChI=1S/C9H16O2/c1-6(5-8-3-4-8)7(2)9(10)11/h6-8H,3-5H2,1-2H3,(H,10,11). The first-order valence-corrected chi connectivity index (χ1v) is 4.34. The highest BCUT2D eigenvalue weighted by atomic mass is 16.4. The highest BCUT2D eigenvalue weighted by molar-refractivity contribution is 5.69. The molecule has 0 heterocycles. The van der Waals surface area contributed by atoms with E-state index in [2.05, 4.69) is 0 Å². The van der Waals surface area contributed by atoms with Crippen molar-refractivity contribution in [1.82, 2.24) is 0 Å². The summed E-state index contributed by atoms with van der Waals surface area (Å²) in [5, 5.41) is 8.69. The molecule has 0 spiro atoms. The third-order valence-electron chi connectivity index (χ3n) is 2.65. The minimum absolute atomic E-state index is 0.171. The van der Waals surface area contributed by atoms with Crippen LogP contribution in [0.2, 0.25) is 0 Å². The third-order valence-corrected chi connectivity index (χ3v) is 2.65. The zero-order chi connectivity index (χ0) is 8.43. The van der Waals surface area contributed by atoms with Gasteiger partial charge in [0.2, 0.25) is 0 Å². The fourth-order valence-corrected chi connectivity index (χ4v) is 1.33. The summed E-state index contributed by atoms with van der Waals surface area (Å²) in [5.74, 6) is 0.362. The molecule has 0 bridgehead atoms. The van der Waals surface area contributed by atoms with Crippen molar-refractivity contribution < 1.29 is 9.90 Å². The van der Waals surface area contributed by atoms with Crippen LogP contribution in [0.4, 0.5) is 0 Å². The average Bonchev–Trinajstić information content (AvgIpc) is 2.69. The summed E-state index contributed by atoms with van der Waals surface area (Å²) in [4.78, 5) is 10.5. The first-order chi connectivity index (χ1) is 5.11. The Hall–Kier alpha value is -0.530. The Kier molecular flexibility index (Phi) is 2.53. The molecule has 0 aromatic heterocycles. The van der Waals surface area contributed by atoms with Gasteiger partial charge in [0.25, 0.3) is 0 Å². The van der Waals surface area contributed by atoms with E-state index in [1.165, 1.54) is 12.8 Å². The topological polar surface area (TPSA) is 37.3 Å². The molecule has 0 aromatic carbocycles. The molecule has 11 heavy (non-hydrogen) atoms. The van der Waals surface area contributed by atoms with E-state index in [1.807, 2.05) is 6.92 Å². The summed E-state index contributed by atoms with van der Waals surface area (Å²) in [6.45, 7) is 3.84. The Bertz CT molecular complexity index is 150. The maximum atomic E-state index is 10.5. The fraction of sp³-hybridized carbons (Fsp3) is 0.889. The number of carboxylic acid groups (broad SMARTS) is 1. The van der Waals surface area contributed by atoms with Crippen LogP contribution in [0.15, 0.2) is 0 Å². The average molecular weight is 156 g/mol. The van der Waals surface area contributed by atoms with Gasteiger partial charge in [0.05, 0.1) is 5.92 Å². The third kappa shape index (κ3) is 2.52. The van der Waals surface area contributed by atoms with Crippen LogP contribution in [0.5, 0.6) is 0 Å². The molecule has 1 saturated carbocycles. The Balaban J connectivity index is 2.26. The van der Waals surface area contributed by atoms with Gasteiger partial charge in [-0.25, -0.2) is 0 Å². The molecule has 2 unspecified atom stereocenters. The Morgan fingerprint density at radius 3 is 2.45 bits per heavy atom. The molecule has 1 rings (SSSR count). The number of aliphatic carboxylic acids is 1. The molecule has 0 radical (unpaired) electrons. The van der Waals surface area contributed by atoms with Crippen molar-refractivity contribution in [3.63, 3.8) is 0 Å². The normalized spacial score (nSPS) is 22.7. The van der Waals surface area contributed by atoms with Gasteiger partial charge in [0.15, 0.2) is 0 Å². The molecule has 0 amide bonds. The molecule has 1 aliphatic carbocycles. The molecule has 0 aromatic rings. The van der Waals surface area contributed by atoms with Crippen molar-refractivity contribution >= 4 is 5.97 Å². The number of hydrogen-bond acceptors (Lipinski definition) is 1. The van der Waals surface area contributed by atoms with Gasteiger partial charge in [0.1, 0.15) is 0 Å². The first kappa shape index (κ1) is 8.57. The summed E-state index contributed by atoms with van der Waals surface area (Å²) in [7, 11) is 0. The van der Waals surface area contributed by atoms with Crippen LogP contribution in [0.25, 0.3) is 0 Å². The molecule has 0 aliphatic heterocycles. The highest BCUT2D eigenvalue weighted by Gasteiger charge is 2.28. The van der Waals surface area contributed by atoms with E-state index in [1.54, 1.807) is 6.92 Å². The molecular weight excluding hydrogens is 140 g/mol. The van der Waals surface area contributed by atoms with Gasteiger partial charge in [0, 0.05) is 0 Å². The van der Waals surface area contributed by atoms with E-state index in [0.717, 1.165) is 12.3 Å². The Morgan fingerprint density at radius 1 is 1.55 bits per heavy atom. The number of hydrogen-bond donors (Lipinski definition) is 1. The summed E-state index contributed by atoms with van der Waals surface area (Å²) in [6, 6.07) is 0. The fourth-order valence-electron chi connectivity index (χ4n) is 1.33. The number of carbonyl (C=O) groups is 1. The van der Waals surface area contributed by atoms with Gasteiger partial charge in [-0.1, -0.05) is 26.7 Å². The summed E-state index contributed by atoms with van der Waals surface area (Å²) >= 11 is 0. The molecule has 64 valence electrons. The second-order valence-corrected chi connectivity index (χ2v) is 3.78. The molecule has 1 N–H and O–H groups in total. The van der Waals surface area contributed by atoms with Crippen molar-refractivity contribution in [2.45, 2.75) is 33.1 Å². The van der Waals surface area contributed by atoms with Crippen molar-refractivity contribution in [1.29, 1.82) is 0 Å². The lowest BCUT2D eigenvalue weighted by Gasteiger charge is -2.14. The van der Waals surface area contributed by atoms with E-state index >= 15 is 0 Å². The molecule has 1 aliphatic rings. The zero-order valence-corrected chi connectivity index (χ0v) is 7.21. The first-order valence-electron chi connectivity index (χ1n) is 4.34. The molecule has 0 saturated heterocycles. The van der Waals surface area contributed by atoms with Crippen LogP contribution in [0, 0.1) is 17.8 Å². The van der Waals surface area contributed by atoms with Gasteiger partial charge in [-0.15, -0.1) is 0 Å². The van der Waals surface area contributed by atoms with Crippen molar-refractivity contribution in [3.05, 3.63) is 0 Å². The molecular formula is C9H16O2. The van der Waals surface area contributed by atoms with Gasteiger partial charge in [-0.3, -0.25) is 4.79 Å². The maximum Gasteiger partial charge on any atom is 0.306 e. The number of carboxylic acids is 1. The zero-order valence-electron chi connectivity index (χ0n) is 7.21. The predicted octanol–water partition coefficient (Wildman–Crippen LogP) is 2.14. The van der Waals surface area contributed by atoms with E-state index in [0.29, 0.717) is 5.92 Å². The highest BCUT2D eigenvalue weighted by Crippen LogP contribution is 2.37. The predicted molar refractivity (Wildman–Crippen MR) is 43.3 cm³/mol. The lowest BCUT2D eigenvalue weighted by Crippen LogP contribution is -2.18. The second-order valence-electron chi connectivity index (χ2n) is 3.78. The Labute approximate surface area is 67.6 Å². The van der Waals surface area contributed by atoms with Crippen LogP contribution in [-0.2, 0) is 4.79 Å². The van der Waals surface area contributed by atoms with E-state index in [-0.39, 0.29) is 5.92 Å². The summed E-state index contributed by atoms with van der Waals surface area (Å²) in [6.07, 6.45) is 3.74. The smallest absolute Gasteiger partial charge is 0.306 e. The van der Waals surface area contributed by atoms with Crippen LogP contribution >= 0.6 is 0 Å². The van der Waals surface area contributed by atoms with E-state index in [9.17, 15) is 4.79 Å². The Morgan fingerprint density at radius 2 is 2.09 bits per heavy atom. The van der Waals surface area contributed by atoms with Crippen molar-refractivity contribution in [3.8, 4) is 0 Å². The van der Waals surface area contributed by atoms with Gasteiger partial charge < -0.3 is 5.11 Å². The van der Waals surface area contributed by atoms with Gasteiger partial charge >= 0.3 is 5.97 Å². The molecule has 2 nitrogen and oxygen atoms in total. The largest absolute Gasteiger partial charge is 0.481 e. The second kappa shape index (κ2) is 3.24. The van der Waals surface area contributed by atoms with Crippen molar-refractivity contribution in [2.24, 2.45) is 17.8 Å². The molecule has 2 heteroatoms. The van der Waals surface area contributed by atoms with Crippen LogP contribution in [0.3, 0.4) is 0 Å². The lowest BCUT2D eigenvalue weighted by atomic mass is 9.91. The van der Waals surface area contributed by atoms with E-state index < -0.39 is 5.97 Å². The van der Waals surface area contributed by atoms with Crippen molar-refractivity contribution in [2.75, 3.05) is 0 Å². The van der Waals surface area contributed by atoms with E-state index in [4.69, 9.17) is 5.11 Å². The lowest BCUT2D eigenvalue weighted by molar-refractivity contribution is -0.142. The monoisotopic (exact) mass is 156 g/mol. The molecule has 1 fully saturated rings. The van der Waals surface area contributed by atoms with Crippen LogP contribution < -0.4 is 0 Å².